The normalized spacial score (nSPS) is 22.6. The van der Waals surface area contributed by atoms with Crippen molar-refractivity contribution in [2.24, 2.45) is 0 Å². The molecule has 0 spiro atoms. The van der Waals surface area contributed by atoms with E-state index in [9.17, 15) is 0 Å². The number of hydrogen-bond acceptors (Lipinski definition) is 4. The fourth-order valence-corrected chi connectivity index (χ4v) is 2.78. The third-order valence-electron chi connectivity index (χ3n) is 3.29. The lowest BCUT2D eigenvalue weighted by Crippen LogP contribution is -2.52. The molecule has 5 heteroatoms. The van der Waals surface area contributed by atoms with Gasteiger partial charge in [-0.25, -0.2) is 9.97 Å². The van der Waals surface area contributed by atoms with Crippen molar-refractivity contribution >= 4 is 17.4 Å². The fraction of sp³-hybridized carbons (Fsp3) is 0.714. The van der Waals surface area contributed by atoms with E-state index in [0.717, 1.165) is 36.7 Å². The van der Waals surface area contributed by atoms with Crippen molar-refractivity contribution in [3.05, 3.63) is 16.5 Å². The quantitative estimate of drug-likeness (QED) is 0.782. The molecule has 106 valence electrons. The Bertz CT molecular complexity index is 476. The van der Waals surface area contributed by atoms with Gasteiger partial charge in [0.2, 0.25) is 0 Å². The highest BCUT2D eigenvalue weighted by molar-refractivity contribution is 6.30. The highest BCUT2D eigenvalue weighted by atomic mass is 35.5. The number of rotatable bonds is 2. The summed E-state index contributed by atoms with van der Waals surface area (Å²) in [4.78, 5) is 11.2. The van der Waals surface area contributed by atoms with E-state index in [4.69, 9.17) is 16.3 Å². The van der Waals surface area contributed by atoms with Crippen molar-refractivity contribution in [2.75, 3.05) is 18.0 Å². The molecule has 0 aromatic carbocycles. The average Bonchev–Trinajstić information content (AvgIpc) is 2.29. The topological polar surface area (TPSA) is 38.2 Å². The standard InChI is InChI=1S/C14H22ClN3O/c1-6-11-16-12(15)10(3)13(17-11)18-7-9(2)19-14(4,5)8-18/h9H,6-8H2,1-5H3. The summed E-state index contributed by atoms with van der Waals surface area (Å²) in [5.41, 5.74) is 0.775. The Morgan fingerprint density at radius 1 is 1.42 bits per heavy atom. The maximum absolute atomic E-state index is 6.22. The van der Waals surface area contributed by atoms with Gasteiger partial charge in [0.15, 0.2) is 0 Å². The van der Waals surface area contributed by atoms with E-state index in [1.54, 1.807) is 0 Å². The van der Waals surface area contributed by atoms with Crippen molar-refractivity contribution in [3.8, 4) is 0 Å². The Hall–Kier alpha value is -0.870. The zero-order chi connectivity index (χ0) is 14.2. The summed E-state index contributed by atoms with van der Waals surface area (Å²) >= 11 is 6.22. The van der Waals surface area contributed by atoms with E-state index in [1.807, 2.05) is 13.8 Å². The number of morpholine rings is 1. The summed E-state index contributed by atoms with van der Waals surface area (Å²) in [6.45, 7) is 12.0. The lowest BCUT2D eigenvalue weighted by molar-refractivity contribution is -0.0752. The second-order valence-electron chi connectivity index (χ2n) is 5.80. The van der Waals surface area contributed by atoms with E-state index >= 15 is 0 Å². The molecule has 1 aliphatic heterocycles. The minimum absolute atomic E-state index is 0.173. The number of ether oxygens (including phenoxy) is 1. The minimum Gasteiger partial charge on any atom is -0.369 e. The molecule has 0 amide bonds. The van der Waals surface area contributed by atoms with E-state index < -0.39 is 0 Å². The predicted molar refractivity (Wildman–Crippen MR) is 78.0 cm³/mol. The molecule has 1 atom stereocenters. The van der Waals surface area contributed by atoms with Crippen LogP contribution in [0.5, 0.6) is 0 Å². The number of nitrogens with zero attached hydrogens (tertiary/aromatic N) is 3. The van der Waals surface area contributed by atoms with Gasteiger partial charge in [-0.2, -0.15) is 0 Å². The number of aryl methyl sites for hydroxylation is 1. The zero-order valence-electron chi connectivity index (χ0n) is 12.3. The first-order valence-corrected chi connectivity index (χ1v) is 7.16. The van der Waals surface area contributed by atoms with Gasteiger partial charge in [0, 0.05) is 25.1 Å². The number of hydrogen-bond donors (Lipinski definition) is 0. The molecule has 0 aliphatic carbocycles. The second kappa shape index (κ2) is 5.25. The molecule has 4 nitrogen and oxygen atoms in total. The number of anilines is 1. The molecule has 2 heterocycles. The van der Waals surface area contributed by atoms with Crippen LogP contribution in [0.4, 0.5) is 5.82 Å². The second-order valence-corrected chi connectivity index (χ2v) is 6.16. The molecule has 1 aliphatic rings. The van der Waals surface area contributed by atoms with Gasteiger partial charge in [-0.05, 0) is 27.7 Å². The van der Waals surface area contributed by atoms with Crippen LogP contribution >= 0.6 is 11.6 Å². The first-order valence-electron chi connectivity index (χ1n) is 6.78. The van der Waals surface area contributed by atoms with Gasteiger partial charge in [0.1, 0.15) is 16.8 Å². The van der Waals surface area contributed by atoms with E-state index in [0.29, 0.717) is 5.15 Å². The molecular weight excluding hydrogens is 262 g/mol. The maximum atomic E-state index is 6.22. The third kappa shape index (κ3) is 3.18. The van der Waals surface area contributed by atoms with Crippen LogP contribution in [0.3, 0.4) is 0 Å². The van der Waals surface area contributed by atoms with Crippen molar-refractivity contribution in [3.63, 3.8) is 0 Å². The van der Waals surface area contributed by atoms with Crippen molar-refractivity contribution < 1.29 is 4.74 Å². The van der Waals surface area contributed by atoms with E-state index in [-0.39, 0.29) is 11.7 Å². The zero-order valence-corrected chi connectivity index (χ0v) is 13.1. The van der Waals surface area contributed by atoms with E-state index in [1.165, 1.54) is 0 Å². The Balaban J connectivity index is 2.38. The summed E-state index contributed by atoms with van der Waals surface area (Å²) in [6.07, 6.45) is 0.970. The molecule has 1 aromatic rings. The predicted octanol–water partition coefficient (Wildman–Crippen LogP) is 3.00. The van der Waals surface area contributed by atoms with Crippen molar-refractivity contribution in [1.82, 2.24) is 9.97 Å². The van der Waals surface area contributed by atoms with Crippen LogP contribution in [0.15, 0.2) is 0 Å². The Kier molecular flexibility index (Phi) is 4.02. The maximum Gasteiger partial charge on any atom is 0.137 e. The smallest absolute Gasteiger partial charge is 0.137 e. The summed E-state index contributed by atoms with van der Waals surface area (Å²) in [6, 6.07) is 0. The third-order valence-corrected chi connectivity index (χ3v) is 3.66. The first kappa shape index (κ1) is 14.5. The van der Waals surface area contributed by atoms with Crippen LogP contribution in [0.25, 0.3) is 0 Å². The van der Waals surface area contributed by atoms with Gasteiger partial charge in [-0.1, -0.05) is 18.5 Å². The molecule has 0 N–H and O–H groups in total. The molecule has 1 saturated heterocycles. The summed E-state index contributed by atoms with van der Waals surface area (Å²) in [7, 11) is 0. The van der Waals surface area contributed by atoms with Crippen LogP contribution in [-0.4, -0.2) is 34.8 Å². The Labute approximate surface area is 120 Å². The minimum atomic E-state index is -0.173. The van der Waals surface area contributed by atoms with Gasteiger partial charge < -0.3 is 9.64 Å². The molecule has 1 unspecified atom stereocenters. The molecular formula is C14H22ClN3O. The largest absolute Gasteiger partial charge is 0.369 e. The molecule has 0 bridgehead atoms. The molecule has 2 rings (SSSR count). The van der Waals surface area contributed by atoms with Crippen LogP contribution in [0.2, 0.25) is 5.15 Å². The lowest BCUT2D eigenvalue weighted by Gasteiger charge is -2.42. The van der Waals surface area contributed by atoms with Crippen LogP contribution in [0, 0.1) is 6.92 Å². The highest BCUT2D eigenvalue weighted by Gasteiger charge is 2.33. The number of halogens is 1. The lowest BCUT2D eigenvalue weighted by atomic mass is 10.1. The van der Waals surface area contributed by atoms with Gasteiger partial charge in [0.25, 0.3) is 0 Å². The van der Waals surface area contributed by atoms with Gasteiger partial charge in [-0.3, -0.25) is 0 Å². The summed E-state index contributed by atoms with van der Waals surface area (Å²) in [5.74, 6) is 1.74. The van der Waals surface area contributed by atoms with Crippen LogP contribution in [0.1, 0.15) is 39.1 Å². The van der Waals surface area contributed by atoms with Crippen LogP contribution in [-0.2, 0) is 11.2 Å². The molecule has 0 radical (unpaired) electrons. The SMILES string of the molecule is CCc1nc(Cl)c(C)c(N2CC(C)OC(C)(C)C2)n1. The van der Waals surface area contributed by atoms with Crippen molar-refractivity contribution in [2.45, 2.75) is 52.7 Å². The van der Waals surface area contributed by atoms with Gasteiger partial charge in [0.05, 0.1) is 11.7 Å². The number of aromatic nitrogens is 2. The summed E-state index contributed by atoms with van der Waals surface area (Å²) < 4.78 is 5.93. The molecule has 19 heavy (non-hydrogen) atoms. The van der Waals surface area contributed by atoms with Crippen LogP contribution < -0.4 is 4.90 Å². The van der Waals surface area contributed by atoms with E-state index in [2.05, 4.69) is 35.6 Å². The Morgan fingerprint density at radius 2 is 2.11 bits per heavy atom. The average molecular weight is 284 g/mol. The Morgan fingerprint density at radius 3 is 2.68 bits per heavy atom. The van der Waals surface area contributed by atoms with Crippen molar-refractivity contribution in [1.29, 1.82) is 0 Å². The molecule has 1 aromatic heterocycles. The molecule has 0 saturated carbocycles. The monoisotopic (exact) mass is 283 g/mol. The molecule has 1 fully saturated rings. The van der Waals surface area contributed by atoms with Gasteiger partial charge >= 0.3 is 0 Å². The summed E-state index contributed by atoms with van der Waals surface area (Å²) in [5, 5.41) is 0.554. The fourth-order valence-electron chi connectivity index (χ4n) is 2.60. The highest BCUT2D eigenvalue weighted by Crippen LogP contribution is 2.29. The van der Waals surface area contributed by atoms with Gasteiger partial charge in [-0.15, -0.1) is 0 Å². The first-order chi connectivity index (χ1) is 8.82.